The van der Waals surface area contributed by atoms with Gasteiger partial charge in [-0.05, 0) is 38.0 Å². The van der Waals surface area contributed by atoms with E-state index in [1.165, 1.54) is 12.2 Å². The molecular weight excluding hydrogens is 576 g/mol. The van der Waals surface area contributed by atoms with Crippen LogP contribution in [0.4, 0.5) is 0 Å². The zero-order valence-corrected chi connectivity index (χ0v) is 25.3. The first-order valence-corrected chi connectivity index (χ1v) is 16.0. The molecule has 0 fully saturated rings. The van der Waals surface area contributed by atoms with Gasteiger partial charge in [0.15, 0.2) is 0 Å². The van der Waals surface area contributed by atoms with Gasteiger partial charge in [-0.1, -0.05) is 70.4 Å². The number of carboxylic acid groups (broad SMARTS) is 3. The highest BCUT2D eigenvalue weighted by atomic mass is 32.2. The third-order valence-corrected chi connectivity index (χ3v) is 9.68. The van der Waals surface area contributed by atoms with E-state index >= 15 is 0 Å². The summed E-state index contributed by atoms with van der Waals surface area (Å²) in [6, 6.07) is 0. The summed E-state index contributed by atoms with van der Waals surface area (Å²) >= 11 is 0. The first kappa shape index (κ1) is 39.9. The number of aliphatic hydroxyl groups is 4. The third kappa shape index (κ3) is 10.9. The summed E-state index contributed by atoms with van der Waals surface area (Å²) in [5.74, 6) is -7.28. The molecule has 0 saturated carbocycles. The summed E-state index contributed by atoms with van der Waals surface area (Å²) in [5, 5.41) is 68.9. The van der Waals surface area contributed by atoms with Crippen LogP contribution < -0.4 is 0 Å². The fraction of sp³-hybridized carbons (Fsp3) is 0.821. The third-order valence-electron chi connectivity index (χ3n) is 8.05. The summed E-state index contributed by atoms with van der Waals surface area (Å²) in [7, 11) is -5.70. The first-order chi connectivity index (χ1) is 19.7. The highest BCUT2D eigenvalue weighted by Crippen LogP contribution is 2.51. The van der Waals surface area contributed by atoms with E-state index in [4.69, 9.17) is 5.11 Å². The lowest BCUT2D eigenvalue weighted by Crippen LogP contribution is -2.66. The van der Waals surface area contributed by atoms with Gasteiger partial charge >= 0.3 is 17.9 Å². The van der Waals surface area contributed by atoms with Crippen molar-refractivity contribution < 1.29 is 63.1 Å². The summed E-state index contributed by atoms with van der Waals surface area (Å²) in [5.41, 5.74) is -2.84. The molecule has 0 aromatic rings. The molecule has 0 unspecified atom stereocenters. The lowest BCUT2D eigenvalue weighted by molar-refractivity contribution is -0.166. The second-order valence-corrected chi connectivity index (χ2v) is 12.4. The number of carboxylic acids is 3. The van der Waals surface area contributed by atoms with Gasteiger partial charge in [0.25, 0.3) is 10.1 Å². The lowest BCUT2D eigenvalue weighted by atomic mass is 9.61. The second kappa shape index (κ2) is 20.0. The standard InChI is InChI=1S/C28H50O13S/c1-2-3-4-9-12-23(32)14-13-22(11-8-6-5-7-10-21(15-18-29)24(33)34)27(16-19-30,25(35)36)28(17-20-31,26(37)38)42(39,40)41/h13-14,21-23,29-32H,2-12,15-20H2,1H3,(H,33,34)(H,35,36)(H,37,38)(H,39,40,41)/b14-13+/t21-,22+,23+,27+,28+/m1/s1. The van der Waals surface area contributed by atoms with Crippen molar-refractivity contribution in [1.82, 2.24) is 0 Å². The molecule has 0 spiro atoms. The van der Waals surface area contributed by atoms with Crippen LogP contribution in [0.2, 0.25) is 0 Å². The van der Waals surface area contributed by atoms with Crippen molar-refractivity contribution in [3.8, 4) is 0 Å². The SMILES string of the molecule is CCCCCC[C@H](O)/C=C/[C@H](CCCCCC[C@H](CCO)C(=O)O)[C@@](CCO)(C(=O)O)[C@](CCO)(C(=O)O)S(=O)(=O)O. The zero-order valence-electron chi connectivity index (χ0n) is 24.4. The van der Waals surface area contributed by atoms with Crippen molar-refractivity contribution in [2.24, 2.45) is 17.3 Å². The van der Waals surface area contributed by atoms with Gasteiger partial charge in [0.1, 0.15) is 5.41 Å². The van der Waals surface area contributed by atoms with Gasteiger partial charge < -0.3 is 35.7 Å². The fourth-order valence-electron chi connectivity index (χ4n) is 5.75. The van der Waals surface area contributed by atoms with Crippen LogP contribution in [0.1, 0.15) is 96.8 Å². The second-order valence-electron chi connectivity index (χ2n) is 10.8. The van der Waals surface area contributed by atoms with E-state index in [-0.39, 0.29) is 25.9 Å². The maximum atomic E-state index is 12.9. The minimum absolute atomic E-state index is 0.100. The fourth-order valence-corrected chi connectivity index (χ4v) is 7.12. The van der Waals surface area contributed by atoms with Gasteiger partial charge in [-0.2, -0.15) is 8.42 Å². The lowest BCUT2D eigenvalue weighted by Gasteiger charge is -2.46. The molecule has 42 heavy (non-hydrogen) atoms. The van der Waals surface area contributed by atoms with Crippen LogP contribution in [0.25, 0.3) is 0 Å². The number of hydrogen-bond acceptors (Lipinski definition) is 9. The summed E-state index contributed by atoms with van der Waals surface area (Å²) < 4.78 is 32.2. The van der Waals surface area contributed by atoms with E-state index < -0.39 is 82.2 Å². The minimum Gasteiger partial charge on any atom is -0.481 e. The maximum absolute atomic E-state index is 12.9. The Bertz CT molecular complexity index is 951. The number of hydrogen-bond donors (Lipinski definition) is 8. The van der Waals surface area contributed by atoms with E-state index in [2.05, 4.69) is 0 Å². The van der Waals surface area contributed by atoms with Crippen molar-refractivity contribution in [3.05, 3.63) is 12.2 Å². The van der Waals surface area contributed by atoms with Crippen molar-refractivity contribution in [3.63, 3.8) is 0 Å². The Kier molecular flexibility index (Phi) is 19.0. The van der Waals surface area contributed by atoms with Crippen LogP contribution in [0.5, 0.6) is 0 Å². The monoisotopic (exact) mass is 626 g/mol. The Hall–Kier alpha value is -2.10. The first-order valence-electron chi connectivity index (χ1n) is 14.6. The van der Waals surface area contributed by atoms with Crippen LogP contribution in [0.3, 0.4) is 0 Å². The predicted octanol–water partition coefficient (Wildman–Crippen LogP) is 2.46. The van der Waals surface area contributed by atoms with E-state index in [1.807, 2.05) is 6.92 Å². The molecule has 0 rings (SSSR count). The Labute approximate surface area is 248 Å². The Morgan fingerprint density at radius 2 is 1.26 bits per heavy atom. The van der Waals surface area contributed by atoms with Crippen molar-refractivity contribution in [2.45, 2.75) is 108 Å². The summed E-state index contributed by atoms with van der Waals surface area (Å²) in [6.07, 6.45) is 5.06. The molecule has 0 aliphatic heterocycles. The van der Waals surface area contributed by atoms with Gasteiger partial charge in [-0.15, -0.1) is 0 Å². The van der Waals surface area contributed by atoms with Crippen LogP contribution in [0, 0.1) is 17.3 Å². The quantitative estimate of drug-likeness (QED) is 0.0391. The van der Waals surface area contributed by atoms with Crippen LogP contribution in [-0.4, -0.2) is 97.3 Å². The van der Waals surface area contributed by atoms with Gasteiger partial charge in [0.2, 0.25) is 4.75 Å². The van der Waals surface area contributed by atoms with Gasteiger partial charge in [0.05, 0.1) is 12.0 Å². The molecule has 5 atom stereocenters. The number of rotatable bonds is 26. The average Bonchev–Trinajstić information content (AvgIpc) is 2.90. The van der Waals surface area contributed by atoms with E-state index in [1.54, 1.807) is 0 Å². The normalized spacial score (nSPS) is 17.3. The summed E-state index contributed by atoms with van der Waals surface area (Å²) in [4.78, 5) is 36.8. The summed E-state index contributed by atoms with van der Waals surface area (Å²) in [6.45, 7) is -0.302. The molecule has 0 aromatic heterocycles. The molecule has 13 nitrogen and oxygen atoms in total. The molecule has 0 heterocycles. The van der Waals surface area contributed by atoms with E-state index in [9.17, 15) is 58.0 Å². The highest BCUT2D eigenvalue weighted by Gasteiger charge is 2.70. The molecule has 0 aliphatic rings. The van der Waals surface area contributed by atoms with Gasteiger partial charge in [-0.25, -0.2) is 0 Å². The molecular formula is C28H50O13S. The van der Waals surface area contributed by atoms with Crippen LogP contribution in [-0.2, 0) is 24.5 Å². The number of carbonyl (C=O) groups is 3. The number of aliphatic hydroxyl groups excluding tert-OH is 4. The largest absolute Gasteiger partial charge is 0.481 e. The Balaban J connectivity index is 6.47. The number of allylic oxidation sites excluding steroid dienone is 1. The van der Waals surface area contributed by atoms with E-state index in [0.29, 0.717) is 38.5 Å². The highest BCUT2D eigenvalue weighted by molar-refractivity contribution is 7.88. The molecule has 0 saturated heterocycles. The molecule has 0 bridgehead atoms. The Morgan fingerprint density at radius 1 is 0.714 bits per heavy atom. The Morgan fingerprint density at radius 3 is 1.71 bits per heavy atom. The topological polar surface area (TPSA) is 247 Å². The molecule has 0 aromatic carbocycles. The smallest absolute Gasteiger partial charge is 0.328 e. The van der Waals surface area contributed by atoms with E-state index in [0.717, 1.165) is 19.3 Å². The molecule has 0 aliphatic carbocycles. The van der Waals surface area contributed by atoms with Crippen LogP contribution >= 0.6 is 0 Å². The number of unbranched alkanes of at least 4 members (excludes halogenated alkanes) is 6. The predicted molar refractivity (Wildman–Crippen MR) is 153 cm³/mol. The van der Waals surface area contributed by atoms with Crippen molar-refractivity contribution in [2.75, 3.05) is 19.8 Å². The maximum Gasteiger partial charge on any atom is 0.328 e. The van der Waals surface area contributed by atoms with Gasteiger partial charge in [0, 0.05) is 26.2 Å². The minimum atomic E-state index is -5.70. The average molecular weight is 627 g/mol. The van der Waals surface area contributed by atoms with Crippen molar-refractivity contribution >= 4 is 28.0 Å². The zero-order chi connectivity index (χ0) is 32.4. The molecule has 246 valence electrons. The molecule has 14 heteroatoms. The van der Waals surface area contributed by atoms with Gasteiger partial charge in [-0.3, -0.25) is 18.9 Å². The van der Waals surface area contributed by atoms with Crippen molar-refractivity contribution in [1.29, 1.82) is 0 Å². The number of aliphatic carboxylic acids is 3. The molecule has 0 radical (unpaired) electrons. The molecule has 0 amide bonds. The molecule has 8 N–H and O–H groups in total. The van der Waals surface area contributed by atoms with Crippen LogP contribution in [0.15, 0.2) is 12.2 Å².